The van der Waals surface area contributed by atoms with Crippen LogP contribution in [0.2, 0.25) is 0 Å². The Kier molecular flexibility index (Phi) is 3.87. The van der Waals surface area contributed by atoms with E-state index >= 15 is 0 Å². The molecule has 0 aliphatic heterocycles. The van der Waals surface area contributed by atoms with E-state index in [0.29, 0.717) is 12.3 Å². The van der Waals surface area contributed by atoms with Crippen molar-refractivity contribution in [3.05, 3.63) is 35.4 Å². The summed E-state index contributed by atoms with van der Waals surface area (Å²) in [6.07, 6.45) is 6.10. The van der Waals surface area contributed by atoms with Crippen LogP contribution in [0.15, 0.2) is 18.2 Å². The van der Waals surface area contributed by atoms with E-state index in [0.717, 1.165) is 43.9 Å². The second kappa shape index (κ2) is 5.39. The van der Waals surface area contributed by atoms with Crippen molar-refractivity contribution in [1.82, 2.24) is 0 Å². The summed E-state index contributed by atoms with van der Waals surface area (Å²) in [6, 6.07) is 3.03. The summed E-state index contributed by atoms with van der Waals surface area (Å²) in [5.41, 5.74) is 0.160. The van der Waals surface area contributed by atoms with E-state index in [-0.39, 0.29) is 11.3 Å². The van der Waals surface area contributed by atoms with E-state index in [1.165, 1.54) is 6.42 Å². The fourth-order valence-electron chi connectivity index (χ4n) is 2.49. The van der Waals surface area contributed by atoms with Crippen molar-refractivity contribution in [2.45, 2.75) is 38.5 Å². The van der Waals surface area contributed by atoms with Gasteiger partial charge in [0, 0.05) is 18.1 Å². The molecule has 1 saturated carbocycles. The molecule has 2 rings (SSSR count). The molecule has 0 aromatic heterocycles. The van der Waals surface area contributed by atoms with Gasteiger partial charge < -0.3 is 0 Å². The summed E-state index contributed by atoms with van der Waals surface area (Å²) in [5, 5.41) is 0. The smallest absolute Gasteiger partial charge is 0.163 e. The molecule has 0 saturated heterocycles. The van der Waals surface area contributed by atoms with Gasteiger partial charge in [-0.25, -0.2) is 8.78 Å². The Morgan fingerprint density at radius 2 is 1.65 bits per heavy atom. The van der Waals surface area contributed by atoms with Crippen LogP contribution in [-0.4, -0.2) is 5.78 Å². The zero-order chi connectivity index (χ0) is 12.3. The molecule has 0 heterocycles. The van der Waals surface area contributed by atoms with Crippen LogP contribution < -0.4 is 0 Å². The largest absolute Gasteiger partial charge is 0.294 e. The lowest BCUT2D eigenvalue weighted by molar-refractivity contribution is 0.0949. The maximum absolute atomic E-state index is 13.0. The van der Waals surface area contributed by atoms with E-state index < -0.39 is 11.6 Å². The third-order valence-corrected chi connectivity index (χ3v) is 3.38. The van der Waals surface area contributed by atoms with Gasteiger partial charge in [-0.15, -0.1) is 0 Å². The third kappa shape index (κ3) is 3.35. The Bertz CT molecular complexity index is 388. The van der Waals surface area contributed by atoms with E-state index in [1.54, 1.807) is 0 Å². The zero-order valence-electron chi connectivity index (χ0n) is 9.72. The average Bonchev–Trinajstić information content (AvgIpc) is 2.29. The number of Topliss-reactive ketones (excluding diaryl/α,β-unsaturated/α-hetero) is 1. The molecule has 1 aliphatic rings. The molecule has 0 radical (unpaired) electrons. The molecule has 0 amide bonds. The topological polar surface area (TPSA) is 17.1 Å². The zero-order valence-corrected chi connectivity index (χ0v) is 9.72. The van der Waals surface area contributed by atoms with Gasteiger partial charge in [0.05, 0.1) is 0 Å². The monoisotopic (exact) mass is 238 g/mol. The first-order valence-corrected chi connectivity index (χ1v) is 6.14. The molecule has 1 aromatic carbocycles. The molecule has 1 aliphatic carbocycles. The van der Waals surface area contributed by atoms with Gasteiger partial charge in [0.2, 0.25) is 0 Å². The number of hydrogen-bond donors (Lipinski definition) is 0. The van der Waals surface area contributed by atoms with Crippen LogP contribution in [0.5, 0.6) is 0 Å². The second-order valence-electron chi connectivity index (χ2n) is 4.79. The molecular weight excluding hydrogens is 222 g/mol. The van der Waals surface area contributed by atoms with Crippen molar-refractivity contribution in [2.75, 3.05) is 0 Å². The number of halogens is 2. The van der Waals surface area contributed by atoms with E-state index in [9.17, 15) is 13.6 Å². The van der Waals surface area contributed by atoms with E-state index in [1.807, 2.05) is 0 Å². The lowest BCUT2D eigenvalue weighted by Gasteiger charge is -2.20. The molecule has 1 fully saturated rings. The first kappa shape index (κ1) is 12.2. The van der Waals surface area contributed by atoms with Crippen LogP contribution in [0.4, 0.5) is 8.78 Å². The quantitative estimate of drug-likeness (QED) is 0.724. The number of carbonyl (C=O) groups excluding carboxylic acids is 1. The molecule has 1 nitrogen and oxygen atoms in total. The third-order valence-electron chi connectivity index (χ3n) is 3.38. The molecular formula is C14H16F2O. The maximum Gasteiger partial charge on any atom is 0.163 e. The van der Waals surface area contributed by atoms with Gasteiger partial charge in [-0.3, -0.25) is 4.79 Å². The second-order valence-corrected chi connectivity index (χ2v) is 4.79. The number of benzene rings is 1. The molecule has 0 spiro atoms. The van der Waals surface area contributed by atoms with Crippen LogP contribution in [0.25, 0.3) is 0 Å². The van der Waals surface area contributed by atoms with Crippen molar-refractivity contribution in [3.8, 4) is 0 Å². The standard InChI is InChI=1S/C14H16F2O/c15-12-7-11(8-13(16)9-12)14(17)6-10-4-2-1-3-5-10/h7-10H,1-6H2. The first-order valence-electron chi connectivity index (χ1n) is 6.14. The maximum atomic E-state index is 13.0. The Morgan fingerprint density at radius 1 is 1.06 bits per heavy atom. The van der Waals surface area contributed by atoms with Crippen LogP contribution >= 0.6 is 0 Å². The predicted octanol–water partition coefficient (Wildman–Crippen LogP) is 4.12. The summed E-state index contributed by atoms with van der Waals surface area (Å²) in [7, 11) is 0. The van der Waals surface area contributed by atoms with E-state index in [2.05, 4.69) is 0 Å². The normalized spacial score (nSPS) is 17.1. The fraction of sp³-hybridized carbons (Fsp3) is 0.500. The van der Waals surface area contributed by atoms with Crippen LogP contribution in [0.1, 0.15) is 48.9 Å². The Labute approximate surface area is 99.8 Å². The number of rotatable bonds is 3. The number of carbonyl (C=O) groups is 1. The van der Waals surface area contributed by atoms with Crippen LogP contribution in [0.3, 0.4) is 0 Å². The molecule has 0 bridgehead atoms. The minimum absolute atomic E-state index is 0.143. The van der Waals surface area contributed by atoms with Gasteiger partial charge in [0.25, 0.3) is 0 Å². The van der Waals surface area contributed by atoms with Gasteiger partial charge in [0.15, 0.2) is 5.78 Å². The highest BCUT2D eigenvalue weighted by Crippen LogP contribution is 2.27. The molecule has 1 aromatic rings. The van der Waals surface area contributed by atoms with Crippen LogP contribution in [-0.2, 0) is 0 Å². The molecule has 0 unspecified atom stereocenters. The predicted molar refractivity (Wildman–Crippen MR) is 61.9 cm³/mol. The fourth-order valence-corrected chi connectivity index (χ4v) is 2.49. The van der Waals surface area contributed by atoms with Gasteiger partial charge in [-0.05, 0) is 18.1 Å². The minimum atomic E-state index is -0.683. The summed E-state index contributed by atoms with van der Waals surface area (Å²) in [5.74, 6) is -1.12. The number of ketones is 1. The SMILES string of the molecule is O=C(CC1CCCCC1)c1cc(F)cc(F)c1. The Hall–Kier alpha value is -1.25. The van der Waals surface area contributed by atoms with E-state index in [4.69, 9.17) is 0 Å². The van der Waals surface area contributed by atoms with Gasteiger partial charge in [-0.2, -0.15) is 0 Å². The lowest BCUT2D eigenvalue weighted by atomic mass is 9.85. The van der Waals surface area contributed by atoms with Crippen molar-refractivity contribution < 1.29 is 13.6 Å². The van der Waals surface area contributed by atoms with Crippen molar-refractivity contribution >= 4 is 5.78 Å². The number of hydrogen-bond acceptors (Lipinski definition) is 1. The van der Waals surface area contributed by atoms with Crippen molar-refractivity contribution in [3.63, 3.8) is 0 Å². The van der Waals surface area contributed by atoms with Crippen LogP contribution in [0, 0.1) is 17.6 Å². The molecule has 17 heavy (non-hydrogen) atoms. The molecule has 92 valence electrons. The highest BCUT2D eigenvalue weighted by atomic mass is 19.1. The van der Waals surface area contributed by atoms with Crippen molar-refractivity contribution in [1.29, 1.82) is 0 Å². The highest BCUT2D eigenvalue weighted by Gasteiger charge is 2.18. The van der Waals surface area contributed by atoms with Gasteiger partial charge in [0.1, 0.15) is 11.6 Å². The van der Waals surface area contributed by atoms with Crippen molar-refractivity contribution in [2.24, 2.45) is 5.92 Å². The average molecular weight is 238 g/mol. The summed E-state index contributed by atoms with van der Waals surface area (Å²) in [4.78, 5) is 11.9. The molecule has 0 N–H and O–H groups in total. The Morgan fingerprint density at radius 3 is 2.24 bits per heavy atom. The molecule has 3 heteroatoms. The lowest BCUT2D eigenvalue weighted by Crippen LogP contribution is -2.12. The Balaban J connectivity index is 2.03. The summed E-state index contributed by atoms with van der Waals surface area (Å²) < 4.78 is 25.9. The minimum Gasteiger partial charge on any atom is -0.294 e. The summed E-state index contributed by atoms with van der Waals surface area (Å²) in [6.45, 7) is 0. The summed E-state index contributed by atoms with van der Waals surface area (Å²) >= 11 is 0. The van der Waals surface area contributed by atoms with Gasteiger partial charge >= 0.3 is 0 Å². The highest BCUT2D eigenvalue weighted by molar-refractivity contribution is 5.96. The molecule has 0 atom stereocenters. The van der Waals surface area contributed by atoms with Gasteiger partial charge in [-0.1, -0.05) is 32.1 Å². The first-order chi connectivity index (χ1) is 8.15.